The summed E-state index contributed by atoms with van der Waals surface area (Å²) in [5, 5.41) is 0.752. The molecule has 2 unspecified atom stereocenters. The van der Waals surface area contributed by atoms with Crippen LogP contribution in [0.25, 0.3) is 0 Å². The Morgan fingerprint density at radius 1 is 1.12 bits per heavy atom. The molecule has 0 spiro atoms. The van der Waals surface area contributed by atoms with Crippen molar-refractivity contribution in [2.75, 3.05) is 33.4 Å². The molecule has 0 bridgehead atoms. The van der Waals surface area contributed by atoms with Crippen molar-refractivity contribution in [2.24, 2.45) is 0 Å². The Morgan fingerprint density at radius 2 is 1.75 bits per heavy atom. The van der Waals surface area contributed by atoms with Crippen LogP contribution in [-0.2, 0) is 20.6 Å². The lowest BCUT2D eigenvalue weighted by Crippen LogP contribution is -2.61. The number of morpholine rings is 1. The zero-order valence-electron chi connectivity index (χ0n) is 20.4. The van der Waals surface area contributed by atoms with Crippen molar-refractivity contribution in [2.45, 2.75) is 83.3 Å². The molecule has 1 aromatic carbocycles. The largest absolute Gasteiger partial charge is 0.444 e. The van der Waals surface area contributed by atoms with Gasteiger partial charge >= 0.3 is 6.09 Å². The van der Waals surface area contributed by atoms with Gasteiger partial charge in [0.1, 0.15) is 5.60 Å². The molecule has 2 aliphatic rings. The highest BCUT2D eigenvalue weighted by Gasteiger charge is 2.41. The first kappa shape index (κ1) is 25.3. The van der Waals surface area contributed by atoms with E-state index in [1.165, 1.54) is 5.56 Å². The molecule has 3 rings (SSSR count). The van der Waals surface area contributed by atoms with Gasteiger partial charge in [0.2, 0.25) is 0 Å². The third kappa shape index (κ3) is 6.60. The third-order valence-corrected chi connectivity index (χ3v) is 6.86. The summed E-state index contributed by atoms with van der Waals surface area (Å²) in [6, 6.07) is 8.75. The second-order valence-corrected chi connectivity index (χ2v) is 10.9. The van der Waals surface area contributed by atoms with Gasteiger partial charge in [0.05, 0.1) is 18.3 Å². The topological polar surface area (TPSA) is 51.2 Å². The predicted molar refractivity (Wildman–Crippen MR) is 127 cm³/mol. The van der Waals surface area contributed by atoms with Gasteiger partial charge in [-0.25, -0.2) is 4.79 Å². The molecule has 2 heterocycles. The summed E-state index contributed by atoms with van der Waals surface area (Å²) in [7, 11) is 1.74. The molecular formula is C25H39ClN2O4. The fraction of sp³-hybridized carbons (Fsp3) is 0.720. The normalized spacial score (nSPS) is 23.9. The lowest BCUT2D eigenvalue weighted by atomic mass is 9.92. The molecule has 2 aliphatic heterocycles. The summed E-state index contributed by atoms with van der Waals surface area (Å²) in [4.78, 5) is 16.9. The van der Waals surface area contributed by atoms with Crippen LogP contribution in [0.3, 0.4) is 0 Å². The molecule has 0 saturated carbocycles. The van der Waals surface area contributed by atoms with Crippen LogP contribution in [-0.4, -0.2) is 78.6 Å². The number of piperidine rings is 1. The molecule has 2 fully saturated rings. The zero-order chi connectivity index (χ0) is 23.5. The number of hydrogen-bond acceptors (Lipinski definition) is 5. The predicted octanol–water partition coefficient (Wildman–Crippen LogP) is 4.78. The summed E-state index contributed by atoms with van der Waals surface area (Å²) in [6.45, 7) is 12.8. The number of rotatable bonds is 5. The maximum atomic E-state index is 12.5. The minimum Gasteiger partial charge on any atom is -0.444 e. The highest BCUT2D eigenvalue weighted by molar-refractivity contribution is 6.30. The summed E-state index contributed by atoms with van der Waals surface area (Å²) in [5.74, 6) is 0. The molecule has 0 N–H and O–H groups in total. The van der Waals surface area contributed by atoms with Crippen LogP contribution in [0, 0.1) is 0 Å². The van der Waals surface area contributed by atoms with Crippen LogP contribution in [0.15, 0.2) is 24.3 Å². The van der Waals surface area contributed by atoms with E-state index in [4.69, 9.17) is 25.8 Å². The Labute approximate surface area is 198 Å². The van der Waals surface area contributed by atoms with Crippen LogP contribution < -0.4 is 0 Å². The van der Waals surface area contributed by atoms with Gasteiger partial charge in [-0.2, -0.15) is 0 Å². The van der Waals surface area contributed by atoms with E-state index in [0.717, 1.165) is 30.8 Å². The van der Waals surface area contributed by atoms with Crippen LogP contribution in [0.4, 0.5) is 4.79 Å². The van der Waals surface area contributed by atoms with E-state index < -0.39 is 5.60 Å². The van der Waals surface area contributed by atoms with Crippen molar-refractivity contribution < 1.29 is 19.0 Å². The third-order valence-electron chi connectivity index (χ3n) is 6.61. The second-order valence-electron chi connectivity index (χ2n) is 10.5. The van der Waals surface area contributed by atoms with E-state index >= 15 is 0 Å². The molecule has 32 heavy (non-hydrogen) atoms. The number of carbonyl (C=O) groups is 1. The molecule has 2 saturated heterocycles. The standard InChI is InChI=1S/C25H39ClN2O4/c1-24(2,3)32-23(29)27-13-11-20(12-14-27)28-16-22(25(4,5)30-6)31-17-21(28)15-18-7-9-19(26)10-8-18/h7-10,20-22H,11-17H2,1-6H3. The maximum absolute atomic E-state index is 12.5. The van der Waals surface area contributed by atoms with Gasteiger partial charge in [0.15, 0.2) is 0 Å². The van der Waals surface area contributed by atoms with E-state index in [1.807, 2.05) is 37.8 Å². The number of nitrogens with zero attached hydrogens (tertiary/aromatic N) is 2. The Kier molecular flexibility index (Phi) is 8.13. The Morgan fingerprint density at radius 3 is 2.31 bits per heavy atom. The number of amides is 1. The van der Waals surface area contributed by atoms with E-state index in [-0.39, 0.29) is 23.8 Å². The minimum atomic E-state index is -0.471. The number of methoxy groups -OCH3 is 1. The monoisotopic (exact) mass is 466 g/mol. The first-order valence-electron chi connectivity index (χ1n) is 11.6. The van der Waals surface area contributed by atoms with Crippen molar-refractivity contribution in [1.29, 1.82) is 0 Å². The van der Waals surface area contributed by atoms with Crippen molar-refractivity contribution in [3.05, 3.63) is 34.9 Å². The van der Waals surface area contributed by atoms with Gasteiger partial charge < -0.3 is 19.1 Å². The molecule has 0 aliphatic carbocycles. The average molecular weight is 467 g/mol. The van der Waals surface area contributed by atoms with Gasteiger partial charge in [-0.15, -0.1) is 0 Å². The van der Waals surface area contributed by atoms with Crippen LogP contribution in [0.2, 0.25) is 5.02 Å². The minimum absolute atomic E-state index is 0.00199. The maximum Gasteiger partial charge on any atom is 0.410 e. The first-order chi connectivity index (χ1) is 15.0. The number of hydrogen-bond donors (Lipinski definition) is 0. The van der Waals surface area contributed by atoms with E-state index in [0.29, 0.717) is 25.7 Å². The fourth-order valence-corrected chi connectivity index (χ4v) is 4.62. The number of halogens is 1. The van der Waals surface area contributed by atoms with Gasteiger partial charge in [0.25, 0.3) is 0 Å². The van der Waals surface area contributed by atoms with Crippen LogP contribution >= 0.6 is 11.6 Å². The van der Waals surface area contributed by atoms with E-state index in [9.17, 15) is 4.79 Å². The molecule has 180 valence electrons. The highest BCUT2D eigenvalue weighted by Crippen LogP contribution is 2.30. The number of likely N-dealkylation sites (tertiary alicyclic amines) is 1. The van der Waals surface area contributed by atoms with Gasteiger partial charge in [-0.3, -0.25) is 4.90 Å². The molecule has 0 radical (unpaired) electrons. The smallest absolute Gasteiger partial charge is 0.410 e. The fourth-order valence-electron chi connectivity index (χ4n) is 4.49. The molecule has 6 nitrogen and oxygen atoms in total. The second kappa shape index (κ2) is 10.3. The number of ether oxygens (including phenoxy) is 3. The van der Waals surface area contributed by atoms with Crippen molar-refractivity contribution in [3.63, 3.8) is 0 Å². The van der Waals surface area contributed by atoms with E-state index in [1.54, 1.807) is 7.11 Å². The van der Waals surface area contributed by atoms with Gasteiger partial charge in [-0.05, 0) is 71.6 Å². The Balaban J connectivity index is 1.69. The van der Waals surface area contributed by atoms with E-state index in [2.05, 4.69) is 30.9 Å². The molecule has 1 aromatic rings. The highest BCUT2D eigenvalue weighted by atomic mass is 35.5. The summed E-state index contributed by atoms with van der Waals surface area (Å²) < 4.78 is 17.6. The van der Waals surface area contributed by atoms with Crippen LogP contribution in [0.1, 0.15) is 53.0 Å². The summed E-state index contributed by atoms with van der Waals surface area (Å²) in [5.41, 5.74) is 0.422. The summed E-state index contributed by atoms with van der Waals surface area (Å²) >= 11 is 6.08. The molecule has 7 heteroatoms. The van der Waals surface area contributed by atoms with Crippen molar-refractivity contribution in [3.8, 4) is 0 Å². The Hall–Kier alpha value is -1.34. The lowest BCUT2D eigenvalue weighted by molar-refractivity contribution is -0.166. The molecule has 2 atom stereocenters. The van der Waals surface area contributed by atoms with Crippen LogP contribution in [0.5, 0.6) is 0 Å². The average Bonchev–Trinajstić information content (AvgIpc) is 2.74. The number of carbonyl (C=O) groups excluding carboxylic acids is 1. The SMILES string of the molecule is COC(C)(C)C1CN(C2CCN(C(=O)OC(C)(C)C)CC2)C(Cc2ccc(Cl)cc2)CO1. The number of benzene rings is 1. The quantitative estimate of drug-likeness (QED) is 0.625. The first-order valence-corrected chi connectivity index (χ1v) is 12.0. The molecule has 1 amide bonds. The summed E-state index contributed by atoms with van der Waals surface area (Å²) in [6.07, 6.45) is 2.54. The van der Waals surface area contributed by atoms with Gasteiger partial charge in [0, 0.05) is 43.9 Å². The lowest BCUT2D eigenvalue weighted by Gasteiger charge is -2.49. The van der Waals surface area contributed by atoms with Crippen molar-refractivity contribution in [1.82, 2.24) is 9.80 Å². The zero-order valence-corrected chi connectivity index (χ0v) is 21.2. The molecular weight excluding hydrogens is 428 g/mol. The Bertz CT molecular complexity index is 754. The molecule has 0 aromatic heterocycles. The van der Waals surface area contributed by atoms with Crippen molar-refractivity contribution >= 4 is 17.7 Å². The van der Waals surface area contributed by atoms with Gasteiger partial charge in [-0.1, -0.05) is 23.7 Å².